The molecule has 1 saturated carbocycles. The van der Waals surface area contributed by atoms with Crippen LogP contribution in [0.4, 0.5) is 10.1 Å². The van der Waals surface area contributed by atoms with Crippen molar-refractivity contribution in [3.05, 3.63) is 99.8 Å². The molecule has 1 fully saturated rings. The Balaban J connectivity index is 1.68. The monoisotopic (exact) mass is 476 g/mol. The molecule has 0 bridgehead atoms. The van der Waals surface area contributed by atoms with Gasteiger partial charge in [-0.25, -0.2) is 4.39 Å². The molecule has 1 aliphatic heterocycles. The standard InChI is InChI=1S/C28H26ClFN2O2/c1-18-4-13-24-23(16-18)26(19-5-11-22(30)12-6-19)32(17-25(33)31-24)27(34)28(14-2-3-15-28)20-7-9-21(29)10-8-20/h4-13,16,26H,2-3,14-15,17H2,1H3,(H,31,33)/t26-/m1/s1. The molecule has 0 aromatic heterocycles. The summed E-state index contributed by atoms with van der Waals surface area (Å²) < 4.78 is 13.8. The summed E-state index contributed by atoms with van der Waals surface area (Å²) in [6.07, 6.45) is 3.29. The first kappa shape index (κ1) is 22.6. The fraction of sp³-hybridized carbons (Fsp3) is 0.286. The molecule has 4 nitrogen and oxygen atoms in total. The Bertz CT molecular complexity index is 1230. The molecular formula is C28H26ClFN2O2. The van der Waals surface area contributed by atoms with Crippen molar-refractivity contribution in [1.82, 2.24) is 4.90 Å². The van der Waals surface area contributed by atoms with E-state index in [0.29, 0.717) is 23.6 Å². The molecule has 2 aliphatic rings. The predicted octanol–water partition coefficient (Wildman–Crippen LogP) is 6.17. The van der Waals surface area contributed by atoms with Crippen LogP contribution in [0.15, 0.2) is 66.7 Å². The third-order valence-electron chi connectivity index (χ3n) is 7.11. The van der Waals surface area contributed by atoms with Gasteiger partial charge in [0.05, 0.1) is 11.5 Å². The number of rotatable bonds is 3. The Morgan fingerprint density at radius 1 is 1.03 bits per heavy atom. The van der Waals surface area contributed by atoms with Crippen molar-refractivity contribution in [1.29, 1.82) is 0 Å². The number of amides is 2. The normalized spacial score (nSPS) is 19.3. The lowest BCUT2D eigenvalue weighted by atomic mass is 9.76. The van der Waals surface area contributed by atoms with Crippen molar-refractivity contribution < 1.29 is 14.0 Å². The molecule has 0 radical (unpaired) electrons. The molecule has 1 N–H and O–H groups in total. The molecule has 1 heterocycles. The van der Waals surface area contributed by atoms with E-state index in [2.05, 4.69) is 5.32 Å². The van der Waals surface area contributed by atoms with Crippen LogP contribution in [0, 0.1) is 12.7 Å². The van der Waals surface area contributed by atoms with Gasteiger partial charge in [0.25, 0.3) is 0 Å². The molecule has 0 spiro atoms. The Hall–Kier alpha value is -3.18. The molecule has 34 heavy (non-hydrogen) atoms. The zero-order valence-corrected chi connectivity index (χ0v) is 19.7. The average Bonchev–Trinajstić information content (AvgIpc) is 3.27. The van der Waals surface area contributed by atoms with Gasteiger partial charge in [0, 0.05) is 16.3 Å². The third kappa shape index (κ3) is 3.98. The third-order valence-corrected chi connectivity index (χ3v) is 7.36. The predicted molar refractivity (Wildman–Crippen MR) is 131 cm³/mol. The first-order valence-corrected chi connectivity index (χ1v) is 12.0. The van der Waals surface area contributed by atoms with Crippen LogP contribution < -0.4 is 5.32 Å². The van der Waals surface area contributed by atoms with E-state index in [4.69, 9.17) is 11.6 Å². The number of halogens is 2. The van der Waals surface area contributed by atoms with Crippen LogP contribution in [0.5, 0.6) is 0 Å². The Morgan fingerprint density at radius 2 is 1.71 bits per heavy atom. The summed E-state index contributed by atoms with van der Waals surface area (Å²) in [4.78, 5) is 29.2. The highest BCUT2D eigenvalue weighted by Gasteiger charge is 2.48. The summed E-state index contributed by atoms with van der Waals surface area (Å²) in [5, 5.41) is 3.59. The van der Waals surface area contributed by atoms with Gasteiger partial charge in [-0.2, -0.15) is 0 Å². The molecule has 1 atom stereocenters. The van der Waals surface area contributed by atoms with Crippen LogP contribution in [0.3, 0.4) is 0 Å². The molecule has 2 amide bonds. The van der Waals surface area contributed by atoms with Gasteiger partial charge < -0.3 is 10.2 Å². The maximum Gasteiger partial charge on any atom is 0.244 e. The van der Waals surface area contributed by atoms with Crippen molar-refractivity contribution in [3.63, 3.8) is 0 Å². The van der Waals surface area contributed by atoms with Crippen molar-refractivity contribution in [2.45, 2.75) is 44.1 Å². The van der Waals surface area contributed by atoms with E-state index in [1.54, 1.807) is 17.0 Å². The lowest BCUT2D eigenvalue weighted by Gasteiger charge is -2.38. The van der Waals surface area contributed by atoms with Gasteiger partial charge in [0.2, 0.25) is 11.8 Å². The number of carbonyl (C=O) groups excluding carboxylic acids is 2. The first-order valence-electron chi connectivity index (χ1n) is 11.6. The zero-order valence-electron chi connectivity index (χ0n) is 19.0. The first-order chi connectivity index (χ1) is 16.4. The van der Waals surface area contributed by atoms with Crippen molar-refractivity contribution in [2.75, 3.05) is 11.9 Å². The number of aryl methyl sites for hydroxylation is 1. The van der Waals surface area contributed by atoms with Gasteiger partial charge in [0.15, 0.2) is 0 Å². The SMILES string of the molecule is Cc1ccc2c(c1)[C@@H](c1ccc(F)cc1)N(C(=O)C1(c3ccc(Cl)cc3)CCCC1)CC(=O)N2. The Kier molecular flexibility index (Phi) is 5.90. The summed E-state index contributed by atoms with van der Waals surface area (Å²) in [6.45, 7) is 1.90. The zero-order chi connectivity index (χ0) is 23.9. The molecular weight excluding hydrogens is 451 g/mol. The highest BCUT2D eigenvalue weighted by molar-refractivity contribution is 6.30. The minimum Gasteiger partial charge on any atom is -0.324 e. The largest absolute Gasteiger partial charge is 0.324 e. The molecule has 174 valence electrons. The molecule has 3 aromatic rings. The van der Waals surface area contributed by atoms with E-state index in [1.165, 1.54) is 12.1 Å². The van der Waals surface area contributed by atoms with Crippen LogP contribution in [0.1, 0.15) is 54.0 Å². The van der Waals surface area contributed by atoms with Gasteiger partial charge in [0.1, 0.15) is 12.4 Å². The molecule has 5 rings (SSSR count). The highest BCUT2D eigenvalue weighted by atomic mass is 35.5. The van der Waals surface area contributed by atoms with E-state index in [1.807, 2.05) is 49.4 Å². The van der Waals surface area contributed by atoms with Crippen LogP contribution in [-0.4, -0.2) is 23.3 Å². The molecule has 1 aliphatic carbocycles. The molecule has 0 unspecified atom stereocenters. The minimum absolute atomic E-state index is 0.0776. The van der Waals surface area contributed by atoms with Crippen molar-refractivity contribution in [3.8, 4) is 0 Å². The highest BCUT2D eigenvalue weighted by Crippen LogP contribution is 2.46. The fourth-order valence-corrected chi connectivity index (χ4v) is 5.59. The summed E-state index contributed by atoms with van der Waals surface area (Å²) >= 11 is 6.14. The van der Waals surface area contributed by atoms with E-state index in [-0.39, 0.29) is 24.2 Å². The molecule has 3 aromatic carbocycles. The van der Waals surface area contributed by atoms with E-state index >= 15 is 0 Å². The number of anilines is 1. The van der Waals surface area contributed by atoms with Crippen LogP contribution in [0.25, 0.3) is 0 Å². The second kappa shape index (κ2) is 8.88. The average molecular weight is 477 g/mol. The van der Waals surface area contributed by atoms with Crippen molar-refractivity contribution in [2.24, 2.45) is 0 Å². The van der Waals surface area contributed by atoms with E-state index < -0.39 is 11.5 Å². The maximum absolute atomic E-state index is 14.5. The van der Waals surface area contributed by atoms with Gasteiger partial charge in [-0.15, -0.1) is 0 Å². The molecule has 0 saturated heterocycles. The Labute approximate surface area is 203 Å². The Morgan fingerprint density at radius 3 is 2.38 bits per heavy atom. The lowest BCUT2D eigenvalue weighted by molar-refractivity contribution is -0.141. The van der Waals surface area contributed by atoms with Gasteiger partial charge in [-0.3, -0.25) is 9.59 Å². The van der Waals surface area contributed by atoms with Gasteiger partial charge in [-0.1, -0.05) is 66.4 Å². The number of benzene rings is 3. The quantitative estimate of drug-likeness (QED) is 0.491. The van der Waals surface area contributed by atoms with Gasteiger partial charge in [-0.05, 0) is 61.2 Å². The summed E-state index contributed by atoms with van der Waals surface area (Å²) in [5.41, 5.74) is 3.48. The maximum atomic E-state index is 14.5. The topological polar surface area (TPSA) is 49.4 Å². The van der Waals surface area contributed by atoms with Crippen LogP contribution >= 0.6 is 11.6 Å². The number of carbonyl (C=O) groups is 2. The molecule has 6 heteroatoms. The van der Waals surface area contributed by atoms with Crippen molar-refractivity contribution >= 4 is 29.1 Å². The summed E-state index contributed by atoms with van der Waals surface area (Å²) in [7, 11) is 0. The van der Waals surface area contributed by atoms with Crippen LogP contribution in [-0.2, 0) is 15.0 Å². The fourth-order valence-electron chi connectivity index (χ4n) is 5.47. The van der Waals surface area contributed by atoms with E-state index in [9.17, 15) is 14.0 Å². The lowest BCUT2D eigenvalue weighted by Crippen LogP contribution is -2.49. The second-order valence-electron chi connectivity index (χ2n) is 9.32. The minimum atomic E-state index is -0.725. The number of hydrogen-bond donors (Lipinski definition) is 1. The van der Waals surface area contributed by atoms with Gasteiger partial charge >= 0.3 is 0 Å². The number of fused-ring (bicyclic) bond motifs is 1. The number of hydrogen-bond acceptors (Lipinski definition) is 2. The van der Waals surface area contributed by atoms with Crippen LogP contribution in [0.2, 0.25) is 5.02 Å². The number of nitrogens with zero attached hydrogens (tertiary/aromatic N) is 1. The second-order valence-corrected chi connectivity index (χ2v) is 9.76. The smallest absolute Gasteiger partial charge is 0.244 e. The number of nitrogens with one attached hydrogen (secondary N) is 1. The summed E-state index contributed by atoms with van der Waals surface area (Å²) in [5.74, 6) is -0.666. The summed E-state index contributed by atoms with van der Waals surface area (Å²) in [6, 6.07) is 19.0. The van der Waals surface area contributed by atoms with E-state index in [0.717, 1.165) is 35.1 Å².